The molecule has 2 aromatic heterocycles. The van der Waals surface area contributed by atoms with Crippen molar-refractivity contribution in [2.45, 2.75) is 37.3 Å². The molecule has 1 fully saturated rings. The number of pyridine rings is 1. The van der Waals surface area contributed by atoms with E-state index in [1.807, 2.05) is 42.3 Å². The van der Waals surface area contributed by atoms with Gasteiger partial charge in [0, 0.05) is 30.8 Å². The summed E-state index contributed by atoms with van der Waals surface area (Å²) < 4.78 is 2.35. The highest BCUT2D eigenvalue weighted by Gasteiger charge is 2.45. The van der Waals surface area contributed by atoms with Gasteiger partial charge in [-0.15, -0.1) is 0 Å². The predicted octanol–water partition coefficient (Wildman–Crippen LogP) is 4.59. The second-order valence-corrected chi connectivity index (χ2v) is 9.99. The molecule has 0 radical (unpaired) electrons. The van der Waals surface area contributed by atoms with Crippen LogP contribution in [0.4, 0.5) is 5.82 Å². The fourth-order valence-electron chi connectivity index (χ4n) is 5.91. The quantitative estimate of drug-likeness (QED) is 0.434. The Kier molecular flexibility index (Phi) is 4.49. The molecule has 8 nitrogen and oxygen atoms in total. The second kappa shape index (κ2) is 7.65. The smallest absolute Gasteiger partial charge is 0.322 e. The lowest BCUT2D eigenvalue weighted by molar-refractivity contribution is -0.134. The molecule has 3 aliphatic rings. The van der Waals surface area contributed by atoms with E-state index in [9.17, 15) is 9.59 Å². The molecule has 2 bridgehead atoms. The number of carbonyl (C=O) groups excluding carboxylic acids is 1. The molecule has 1 amide bonds. The van der Waals surface area contributed by atoms with Crippen molar-refractivity contribution < 1.29 is 14.7 Å². The number of amides is 1. The normalized spacial score (nSPS) is 20.2. The van der Waals surface area contributed by atoms with Crippen molar-refractivity contribution in [1.82, 2.24) is 19.4 Å². The molecule has 0 spiro atoms. The third-order valence-electron chi connectivity index (χ3n) is 7.80. The maximum Gasteiger partial charge on any atom is 0.322 e. The molecule has 8 heteroatoms. The van der Waals surface area contributed by atoms with Gasteiger partial charge in [0.05, 0.1) is 23.1 Å². The summed E-state index contributed by atoms with van der Waals surface area (Å²) in [5, 5.41) is 11.7. The van der Waals surface area contributed by atoms with Gasteiger partial charge >= 0.3 is 5.97 Å². The van der Waals surface area contributed by atoms with Crippen LogP contribution >= 0.6 is 0 Å². The van der Waals surface area contributed by atoms with Crippen LogP contribution in [-0.2, 0) is 4.79 Å². The molecule has 1 aliphatic carbocycles. The number of aliphatic carboxylic acids is 1. The first-order valence-corrected chi connectivity index (χ1v) is 12.3. The molecule has 0 saturated heterocycles. The van der Waals surface area contributed by atoms with Crippen molar-refractivity contribution in [1.29, 1.82) is 0 Å². The first-order chi connectivity index (χ1) is 17.5. The van der Waals surface area contributed by atoms with Gasteiger partial charge in [0.1, 0.15) is 18.2 Å². The van der Waals surface area contributed by atoms with Crippen molar-refractivity contribution in [3.8, 4) is 11.1 Å². The monoisotopic (exact) mass is 479 g/mol. The average Bonchev–Trinajstić information content (AvgIpc) is 3.60. The van der Waals surface area contributed by atoms with Crippen LogP contribution < -0.4 is 5.32 Å². The van der Waals surface area contributed by atoms with Crippen LogP contribution in [0.1, 0.15) is 64.6 Å². The average molecular weight is 480 g/mol. The topological polar surface area (TPSA) is 100 Å². The van der Waals surface area contributed by atoms with Crippen molar-refractivity contribution in [2.75, 3.05) is 18.9 Å². The summed E-state index contributed by atoms with van der Waals surface area (Å²) >= 11 is 0. The third kappa shape index (κ3) is 3.13. The highest BCUT2D eigenvalue weighted by atomic mass is 16.4. The van der Waals surface area contributed by atoms with E-state index in [0.29, 0.717) is 11.7 Å². The molecule has 0 unspecified atom stereocenters. The van der Waals surface area contributed by atoms with Gasteiger partial charge in [-0.1, -0.05) is 18.2 Å². The Bertz CT molecular complexity index is 1550. The Balaban J connectivity index is 1.35. The number of nitrogens with zero attached hydrogens (tertiary/aromatic N) is 4. The van der Waals surface area contributed by atoms with Crippen molar-refractivity contribution in [3.63, 3.8) is 0 Å². The summed E-state index contributed by atoms with van der Waals surface area (Å²) in [5.74, 6) is 1.17. The van der Waals surface area contributed by atoms with Crippen LogP contribution in [0.3, 0.4) is 0 Å². The number of anilines is 1. The lowest BCUT2D eigenvalue weighted by Gasteiger charge is -2.25. The van der Waals surface area contributed by atoms with Gasteiger partial charge < -0.3 is 19.9 Å². The number of hydrogen-bond donors (Lipinski definition) is 2. The molecule has 1 saturated carbocycles. The van der Waals surface area contributed by atoms with Gasteiger partial charge in [0.2, 0.25) is 0 Å². The van der Waals surface area contributed by atoms with Crippen LogP contribution in [0.5, 0.6) is 0 Å². The summed E-state index contributed by atoms with van der Waals surface area (Å²) in [4.78, 5) is 35.5. The Hall–Kier alpha value is -4.20. The Morgan fingerprint density at radius 2 is 1.94 bits per heavy atom. The van der Waals surface area contributed by atoms with Crippen molar-refractivity contribution in [3.05, 3.63) is 77.2 Å². The summed E-state index contributed by atoms with van der Waals surface area (Å²) in [6, 6.07) is 16.2. The van der Waals surface area contributed by atoms with Crippen LogP contribution in [0.2, 0.25) is 0 Å². The zero-order valence-electron chi connectivity index (χ0n) is 19.8. The Morgan fingerprint density at radius 1 is 1.11 bits per heavy atom. The zero-order chi connectivity index (χ0) is 24.6. The highest BCUT2D eigenvalue weighted by molar-refractivity contribution is 5.97. The zero-order valence-corrected chi connectivity index (χ0v) is 19.8. The molecule has 180 valence electrons. The van der Waals surface area contributed by atoms with E-state index < -0.39 is 5.97 Å². The number of carboxylic acid groups (broad SMARTS) is 1. The van der Waals surface area contributed by atoms with Gasteiger partial charge in [-0.25, -0.2) is 9.97 Å². The molecule has 2 aromatic carbocycles. The van der Waals surface area contributed by atoms with E-state index >= 15 is 0 Å². The van der Waals surface area contributed by atoms with E-state index in [1.54, 1.807) is 12.3 Å². The number of hydrogen-bond acceptors (Lipinski definition) is 5. The number of rotatable bonds is 5. The molecule has 4 aromatic rings. The van der Waals surface area contributed by atoms with Crippen LogP contribution in [0.25, 0.3) is 22.2 Å². The molecule has 36 heavy (non-hydrogen) atoms. The summed E-state index contributed by atoms with van der Waals surface area (Å²) in [6.45, 7) is -0.176. The maximum absolute atomic E-state index is 13.4. The summed E-state index contributed by atoms with van der Waals surface area (Å²) in [6.07, 6.45) is 4.96. The van der Waals surface area contributed by atoms with Gasteiger partial charge in [-0.05, 0) is 65.8 Å². The van der Waals surface area contributed by atoms with Gasteiger partial charge in [-0.3, -0.25) is 9.59 Å². The molecule has 2 atom stereocenters. The minimum Gasteiger partial charge on any atom is -0.480 e. The first-order valence-electron chi connectivity index (χ1n) is 12.3. The molecule has 2 aliphatic heterocycles. The molecular formula is C28H25N5O3. The summed E-state index contributed by atoms with van der Waals surface area (Å²) in [7, 11) is 1.90. The highest BCUT2D eigenvalue weighted by Crippen LogP contribution is 2.52. The minimum absolute atomic E-state index is 0.0564. The Morgan fingerprint density at radius 3 is 2.69 bits per heavy atom. The van der Waals surface area contributed by atoms with Gasteiger partial charge in [-0.2, -0.15) is 0 Å². The Labute approximate surface area is 207 Å². The fraction of sp³-hybridized carbons (Fsp3) is 0.286. The minimum atomic E-state index is -0.930. The van der Waals surface area contributed by atoms with Gasteiger partial charge in [0.25, 0.3) is 5.91 Å². The fourth-order valence-corrected chi connectivity index (χ4v) is 5.91. The molecular weight excluding hydrogens is 454 g/mol. The van der Waals surface area contributed by atoms with Crippen LogP contribution in [0, 0.1) is 0 Å². The number of carboxylic acids is 1. The van der Waals surface area contributed by atoms with E-state index in [4.69, 9.17) is 10.1 Å². The lowest BCUT2D eigenvalue weighted by atomic mass is 9.91. The maximum atomic E-state index is 13.4. The van der Waals surface area contributed by atoms with E-state index in [-0.39, 0.29) is 24.5 Å². The molecule has 2 N–H and O–H groups in total. The number of aromatic nitrogens is 3. The van der Waals surface area contributed by atoms with Crippen LogP contribution in [0.15, 0.2) is 54.7 Å². The summed E-state index contributed by atoms with van der Waals surface area (Å²) in [5.41, 5.74) is 7.26. The van der Waals surface area contributed by atoms with Crippen molar-refractivity contribution >= 4 is 28.7 Å². The van der Waals surface area contributed by atoms with E-state index in [1.165, 1.54) is 24.0 Å². The third-order valence-corrected chi connectivity index (χ3v) is 7.80. The first kappa shape index (κ1) is 21.1. The number of imidazole rings is 1. The molecule has 7 rings (SSSR count). The standard InChI is InChI=1S/C28H25N5O3/c1-32-23-12-22(26-18(15-5-6-15)3-2-4-19(26)28(32)36)33-21-11-16(7-9-20(21)31-27(23)33)17-8-10-24(29-13-17)30-14-25(34)35/h2-4,7-11,13,15,22-23H,5-6,12,14H2,1H3,(H,29,30)(H,34,35)/t22-,23-/m1/s1. The predicted molar refractivity (Wildman–Crippen MR) is 135 cm³/mol. The van der Waals surface area contributed by atoms with Gasteiger partial charge in [0.15, 0.2) is 0 Å². The number of benzene rings is 2. The van der Waals surface area contributed by atoms with Crippen molar-refractivity contribution in [2.24, 2.45) is 0 Å². The van der Waals surface area contributed by atoms with E-state index in [2.05, 4.69) is 27.0 Å². The number of nitrogens with one attached hydrogen (secondary N) is 1. The van der Waals surface area contributed by atoms with Crippen LogP contribution in [-0.4, -0.2) is 50.0 Å². The lowest BCUT2D eigenvalue weighted by Crippen LogP contribution is -2.30. The second-order valence-electron chi connectivity index (χ2n) is 9.99. The van der Waals surface area contributed by atoms with E-state index in [0.717, 1.165) is 40.0 Å². The number of fused-ring (bicyclic) bond motifs is 9. The molecule has 4 heterocycles. The largest absolute Gasteiger partial charge is 0.480 e. The SMILES string of the molecule is CN1C(=O)c2cccc(C3CC3)c2[C@H]2C[C@@H]1c1nc3ccc(-c4ccc(NCC(=O)O)nc4)cc3n12. The number of carbonyl (C=O) groups is 2.